The Labute approximate surface area is 130 Å². The lowest BCUT2D eigenvalue weighted by atomic mass is 10.1. The van der Waals surface area contributed by atoms with Crippen LogP contribution in [0.15, 0.2) is 48.9 Å². The summed E-state index contributed by atoms with van der Waals surface area (Å²) < 4.78 is 1.69. The highest BCUT2D eigenvalue weighted by atomic mass is 16.1. The zero-order valence-electron chi connectivity index (χ0n) is 12.9. The van der Waals surface area contributed by atoms with Crippen molar-refractivity contribution in [2.45, 2.75) is 39.2 Å². The molecule has 0 saturated heterocycles. The molecule has 0 N–H and O–H groups in total. The lowest BCUT2D eigenvalue weighted by Crippen LogP contribution is -2.43. The fourth-order valence-electron chi connectivity index (χ4n) is 2.29. The largest absolute Gasteiger partial charge is 0.287 e. The Hall–Kier alpha value is -2.36. The summed E-state index contributed by atoms with van der Waals surface area (Å²) in [6.45, 7) is 2.26. The fourth-order valence-corrected chi connectivity index (χ4v) is 2.29. The molecule has 0 aliphatic rings. The van der Waals surface area contributed by atoms with E-state index in [1.165, 1.54) is 0 Å². The average Bonchev–Trinajstić information content (AvgIpc) is 2.56. The van der Waals surface area contributed by atoms with Crippen LogP contribution in [0.1, 0.15) is 53.5 Å². The van der Waals surface area contributed by atoms with Crippen LogP contribution in [0.2, 0.25) is 0 Å². The Morgan fingerprint density at radius 2 is 1.86 bits per heavy atom. The Morgan fingerprint density at radius 3 is 2.59 bits per heavy atom. The van der Waals surface area contributed by atoms with Gasteiger partial charge in [0.15, 0.2) is 6.20 Å². The molecule has 114 valence electrons. The van der Waals surface area contributed by atoms with Gasteiger partial charge < -0.3 is 0 Å². The van der Waals surface area contributed by atoms with Crippen LogP contribution in [0, 0.1) is 0 Å². The van der Waals surface area contributed by atoms with E-state index in [2.05, 4.69) is 11.9 Å². The monoisotopic (exact) mass is 297 g/mol. The van der Waals surface area contributed by atoms with E-state index in [9.17, 15) is 9.59 Å². The van der Waals surface area contributed by atoms with Gasteiger partial charge in [-0.3, -0.25) is 14.6 Å². The summed E-state index contributed by atoms with van der Waals surface area (Å²) in [4.78, 5) is 28.6. The number of carbonyl (C=O) groups is 2. The van der Waals surface area contributed by atoms with Crippen LogP contribution in [-0.4, -0.2) is 16.6 Å². The highest BCUT2D eigenvalue weighted by Crippen LogP contribution is 2.05. The van der Waals surface area contributed by atoms with Crippen molar-refractivity contribution < 1.29 is 14.2 Å². The van der Waals surface area contributed by atoms with E-state index in [4.69, 9.17) is 0 Å². The standard InChI is InChI=1S/C18H21N2O2/c1-2-3-5-10-17(21)16-13-19-11-12-20(16)14-18(22)15-8-6-4-7-9-15/h4,6-9,11-13H,2-3,5,10,14H2,1H3/q+1. The minimum absolute atomic E-state index is 0.0144. The minimum atomic E-state index is -0.0144. The van der Waals surface area contributed by atoms with Crippen LogP contribution < -0.4 is 4.57 Å². The van der Waals surface area contributed by atoms with Gasteiger partial charge in [0.2, 0.25) is 18.1 Å². The summed E-state index contributed by atoms with van der Waals surface area (Å²) in [7, 11) is 0. The molecule has 0 atom stereocenters. The maximum atomic E-state index is 12.3. The summed E-state index contributed by atoms with van der Waals surface area (Å²) in [6.07, 6.45) is 8.32. The van der Waals surface area contributed by atoms with Gasteiger partial charge in [0.05, 0.1) is 6.20 Å². The molecule has 4 nitrogen and oxygen atoms in total. The van der Waals surface area contributed by atoms with Gasteiger partial charge in [-0.2, -0.15) is 4.57 Å². The van der Waals surface area contributed by atoms with Gasteiger partial charge in [-0.05, 0) is 6.42 Å². The second-order valence-corrected chi connectivity index (χ2v) is 5.26. The smallest absolute Gasteiger partial charge is 0.267 e. The predicted molar refractivity (Wildman–Crippen MR) is 83.7 cm³/mol. The first-order chi connectivity index (χ1) is 10.7. The average molecular weight is 297 g/mol. The number of nitrogens with zero attached hydrogens (tertiary/aromatic N) is 2. The van der Waals surface area contributed by atoms with Crippen molar-refractivity contribution in [2.75, 3.05) is 0 Å². The molecule has 0 aliphatic heterocycles. The first-order valence-electron chi connectivity index (χ1n) is 7.67. The van der Waals surface area contributed by atoms with E-state index >= 15 is 0 Å². The molecule has 0 bridgehead atoms. The second-order valence-electron chi connectivity index (χ2n) is 5.26. The lowest BCUT2D eigenvalue weighted by Gasteiger charge is -2.03. The molecule has 4 heteroatoms. The third kappa shape index (κ3) is 4.32. The number of unbranched alkanes of at least 4 members (excludes halogenated alkanes) is 2. The number of benzene rings is 1. The van der Waals surface area contributed by atoms with Crippen molar-refractivity contribution in [1.82, 2.24) is 4.98 Å². The minimum Gasteiger partial charge on any atom is -0.287 e. The number of ketones is 2. The van der Waals surface area contributed by atoms with Crippen LogP contribution in [-0.2, 0) is 6.54 Å². The molecule has 0 spiro atoms. The SMILES string of the molecule is CCCCCC(=O)c1cncc[n+]1CC(=O)c1ccccc1. The summed E-state index contributed by atoms with van der Waals surface area (Å²) in [6, 6.07) is 9.11. The molecule has 22 heavy (non-hydrogen) atoms. The van der Waals surface area contributed by atoms with Crippen LogP contribution >= 0.6 is 0 Å². The molecule has 2 rings (SSSR count). The molecule has 0 aliphatic carbocycles. The van der Waals surface area contributed by atoms with Crippen molar-refractivity contribution in [3.8, 4) is 0 Å². The second kappa shape index (κ2) is 8.17. The van der Waals surface area contributed by atoms with E-state index in [-0.39, 0.29) is 18.1 Å². The molecule has 0 amide bonds. The van der Waals surface area contributed by atoms with Gasteiger partial charge in [-0.15, -0.1) is 0 Å². The highest BCUT2D eigenvalue weighted by molar-refractivity contribution is 5.95. The molecule has 1 aromatic heterocycles. The molecule has 2 aromatic rings. The first-order valence-corrected chi connectivity index (χ1v) is 7.67. The molecule has 0 radical (unpaired) electrons. The lowest BCUT2D eigenvalue weighted by molar-refractivity contribution is -0.685. The van der Waals surface area contributed by atoms with Crippen molar-refractivity contribution in [2.24, 2.45) is 0 Å². The Morgan fingerprint density at radius 1 is 1.09 bits per heavy atom. The number of carbonyl (C=O) groups excluding carboxylic acids is 2. The molecule has 0 fully saturated rings. The quantitative estimate of drug-likeness (QED) is 0.427. The van der Waals surface area contributed by atoms with Crippen LogP contribution in [0.25, 0.3) is 0 Å². The van der Waals surface area contributed by atoms with Crippen LogP contribution in [0.5, 0.6) is 0 Å². The van der Waals surface area contributed by atoms with Gasteiger partial charge in [0.25, 0.3) is 5.69 Å². The molecule has 1 aromatic carbocycles. The predicted octanol–water partition coefficient (Wildman–Crippen LogP) is 3.02. The third-order valence-corrected chi connectivity index (χ3v) is 3.54. The Kier molecular flexibility index (Phi) is 5.95. The van der Waals surface area contributed by atoms with Crippen molar-refractivity contribution in [3.63, 3.8) is 0 Å². The van der Waals surface area contributed by atoms with E-state index < -0.39 is 0 Å². The Balaban J connectivity index is 2.11. The molecule has 1 heterocycles. The van der Waals surface area contributed by atoms with Crippen molar-refractivity contribution >= 4 is 11.6 Å². The van der Waals surface area contributed by atoms with E-state index in [0.717, 1.165) is 19.3 Å². The summed E-state index contributed by atoms with van der Waals surface area (Å²) in [5.41, 5.74) is 1.15. The number of hydrogen-bond acceptors (Lipinski definition) is 3. The first kappa shape index (κ1) is 16.0. The van der Waals surface area contributed by atoms with Gasteiger partial charge in [0.1, 0.15) is 6.20 Å². The fraction of sp³-hybridized carbons (Fsp3) is 0.333. The van der Waals surface area contributed by atoms with Crippen LogP contribution in [0.3, 0.4) is 0 Å². The normalized spacial score (nSPS) is 10.4. The number of aromatic nitrogens is 2. The summed E-state index contributed by atoms with van der Waals surface area (Å²) >= 11 is 0. The Bertz CT molecular complexity index is 639. The zero-order valence-corrected chi connectivity index (χ0v) is 12.9. The molecule has 0 saturated carbocycles. The van der Waals surface area contributed by atoms with E-state index in [1.54, 1.807) is 35.3 Å². The van der Waals surface area contributed by atoms with Gasteiger partial charge >= 0.3 is 0 Å². The highest BCUT2D eigenvalue weighted by Gasteiger charge is 2.21. The zero-order chi connectivity index (χ0) is 15.8. The van der Waals surface area contributed by atoms with E-state index in [0.29, 0.717) is 17.7 Å². The molecule has 0 unspecified atom stereocenters. The topological polar surface area (TPSA) is 50.9 Å². The van der Waals surface area contributed by atoms with Gasteiger partial charge in [0, 0.05) is 12.0 Å². The van der Waals surface area contributed by atoms with Crippen molar-refractivity contribution in [1.29, 1.82) is 0 Å². The molecular formula is C18H21N2O2+. The van der Waals surface area contributed by atoms with E-state index in [1.807, 2.05) is 18.2 Å². The van der Waals surface area contributed by atoms with Crippen LogP contribution in [0.4, 0.5) is 0 Å². The maximum Gasteiger partial charge on any atom is 0.267 e. The molecular weight excluding hydrogens is 276 g/mol. The number of rotatable bonds is 8. The number of Topliss-reactive ketones (excluding diaryl/α,β-unsaturated/α-hetero) is 2. The number of hydrogen-bond donors (Lipinski definition) is 0. The van der Waals surface area contributed by atoms with Crippen molar-refractivity contribution in [3.05, 3.63) is 60.2 Å². The summed E-state index contributed by atoms with van der Waals surface area (Å²) in [5, 5.41) is 0. The third-order valence-electron chi connectivity index (χ3n) is 3.54. The maximum absolute atomic E-state index is 12.3. The van der Waals surface area contributed by atoms with Gasteiger partial charge in [-0.1, -0.05) is 50.1 Å². The van der Waals surface area contributed by atoms with Gasteiger partial charge in [-0.25, -0.2) is 0 Å². The summed E-state index contributed by atoms with van der Waals surface area (Å²) in [5.74, 6) is 0.0295.